The molecule has 2 fully saturated rings. The first-order valence-electron chi connectivity index (χ1n) is 7.73. The predicted octanol–water partition coefficient (Wildman–Crippen LogP) is 1.91. The number of nitrogens with zero attached hydrogens (tertiary/aromatic N) is 4. The molecular weight excluding hydrogens is 297 g/mol. The molecule has 4 rings (SSSR count). The molecule has 1 spiro atoms. The first-order valence-corrected chi connectivity index (χ1v) is 7.73. The van der Waals surface area contributed by atoms with Crippen molar-refractivity contribution >= 4 is 5.82 Å². The van der Waals surface area contributed by atoms with Crippen LogP contribution in [0.2, 0.25) is 0 Å². The molecular formula is C16H18FN5O. The van der Waals surface area contributed by atoms with Gasteiger partial charge in [-0.2, -0.15) is 0 Å². The van der Waals surface area contributed by atoms with Gasteiger partial charge in [-0.3, -0.25) is 0 Å². The van der Waals surface area contributed by atoms with Crippen LogP contribution in [0, 0.1) is 18.2 Å². The highest BCUT2D eigenvalue weighted by Crippen LogP contribution is 2.39. The summed E-state index contributed by atoms with van der Waals surface area (Å²) in [6.07, 6.45) is 2.57. The summed E-state index contributed by atoms with van der Waals surface area (Å²) in [4.78, 5) is 6.56. The van der Waals surface area contributed by atoms with Crippen molar-refractivity contribution in [2.45, 2.75) is 13.3 Å². The third kappa shape index (κ3) is 2.61. The topological polar surface area (TPSA) is 63.2 Å². The quantitative estimate of drug-likeness (QED) is 0.933. The number of aryl methyl sites for hydroxylation is 1. The van der Waals surface area contributed by atoms with Crippen molar-refractivity contribution < 1.29 is 9.13 Å². The van der Waals surface area contributed by atoms with Crippen LogP contribution in [0.5, 0.6) is 11.6 Å². The van der Waals surface area contributed by atoms with Crippen LogP contribution >= 0.6 is 0 Å². The Bertz CT molecular complexity index is 734. The number of hydrogen-bond acceptors (Lipinski definition) is 6. The number of nitrogens with one attached hydrogen (secondary N) is 1. The van der Waals surface area contributed by atoms with E-state index in [1.165, 1.54) is 18.5 Å². The zero-order chi connectivity index (χ0) is 15.9. The van der Waals surface area contributed by atoms with Gasteiger partial charge in [0.25, 0.3) is 5.88 Å². The number of hydrogen-bond donors (Lipinski definition) is 1. The Morgan fingerprint density at radius 3 is 2.91 bits per heavy atom. The first kappa shape index (κ1) is 14.3. The highest BCUT2D eigenvalue weighted by atomic mass is 19.1. The normalized spacial score (nSPS) is 19.0. The third-order valence-electron chi connectivity index (χ3n) is 4.65. The minimum atomic E-state index is -0.286. The zero-order valence-electron chi connectivity index (χ0n) is 12.9. The Kier molecular flexibility index (Phi) is 3.37. The number of rotatable bonds is 3. The Labute approximate surface area is 133 Å². The second kappa shape index (κ2) is 5.42. The minimum Gasteiger partial charge on any atom is -0.435 e. The zero-order valence-corrected chi connectivity index (χ0v) is 12.9. The molecule has 0 aliphatic carbocycles. The van der Waals surface area contributed by atoms with Crippen LogP contribution < -0.4 is 15.0 Å². The summed E-state index contributed by atoms with van der Waals surface area (Å²) in [6.45, 7) is 5.77. The number of ether oxygens (including phenoxy) is 1. The standard InChI is InChI=1S/C16H18FN5O/c1-11-6-12(17)2-3-13(11)23-15-14(19-10-20-21-15)22-5-4-16(9-22)7-18-8-16/h2-3,6,10,18H,4-5,7-9H2,1H3. The van der Waals surface area contributed by atoms with E-state index in [0.717, 1.165) is 32.6 Å². The summed E-state index contributed by atoms with van der Waals surface area (Å²) >= 11 is 0. The molecule has 0 radical (unpaired) electrons. The average Bonchev–Trinajstić information content (AvgIpc) is 2.96. The summed E-state index contributed by atoms with van der Waals surface area (Å²) in [5.41, 5.74) is 1.07. The van der Waals surface area contributed by atoms with E-state index in [2.05, 4.69) is 25.4 Å². The molecule has 0 unspecified atom stereocenters. The maximum Gasteiger partial charge on any atom is 0.282 e. The van der Waals surface area contributed by atoms with Gasteiger partial charge in [0.05, 0.1) is 0 Å². The molecule has 0 atom stereocenters. The van der Waals surface area contributed by atoms with Crippen molar-refractivity contribution in [3.8, 4) is 11.6 Å². The van der Waals surface area contributed by atoms with Crippen LogP contribution in [-0.2, 0) is 0 Å². The second-order valence-corrected chi connectivity index (χ2v) is 6.38. The van der Waals surface area contributed by atoms with Crippen molar-refractivity contribution in [1.29, 1.82) is 0 Å². The van der Waals surface area contributed by atoms with Crippen LogP contribution in [0.15, 0.2) is 24.5 Å². The minimum absolute atomic E-state index is 0.286. The molecule has 3 heterocycles. The Morgan fingerprint density at radius 1 is 1.35 bits per heavy atom. The molecule has 0 saturated carbocycles. The molecule has 120 valence electrons. The van der Waals surface area contributed by atoms with Gasteiger partial charge in [-0.15, -0.1) is 10.2 Å². The van der Waals surface area contributed by atoms with Crippen LogP contribution in [0.25, 0.3) is 0 Å². The monoisotopic (exact) mass is 315 g/mol. The molecule has 1 N–H and O–H groups in total. The van der Waals surface area contributed by atoms with Crippen molar-refractivity contribution in [1.82, 2.24) is 20.5 Å². The molecule has 1 aromatic carbocycles. The maximum absolute atomic E-state index is 13.2. The lowest BCUT2D eigenvalue weighted by molar-refractivity contribution is 0.199. The van der Waals surface area contributed by atoms with Crippen LogP contribution in [0.4, 0.5) is 10.2 Å². The van der Waals surface area contributed by atoms with Crippen LogP contribution in [-0.4, -0.2) is 41.4 Å². The van der Waals surface area contributed by atoms with Gasteiger partial charge in [0, 0.05) is 31.6 Å². The van der Waals surface area contributed by atoms with Gasteiger partial charge >= 0.3 is 0 Å². The summed E-state index contributed by atoms with van der Waals surface area (Å²) in [5, 5.41) is 11.3. The fourth-order valence-electron chi connectivity index (χ4n) is 3.26. The van der Waals surface area contributed by atoms with Gasteiger partial charge in [0.2, 0.25) is 0 Å². The molecule has 7 heteroatoms. The lowest BCUT2D eigenvalue weighted by atomic mass is 9.81. The molecule has 0 amide bonds. The number of aromatic nitrogens is 3. The van der Waals surface area contributed by atoms with E-state index < -0.39 is 0 Å². The molecule has 2 aliphatic rings. The Balaban J connectivity index is 1.60. The Hall–Kier alpha value is -2.28. The van der Waals surface area contributed by atoms with Crippen LogP contribution in [0.3, 0.4) is 0 Å². The molecule has 2 saturated heterocycles. The van der Waals surface area contributed by atoms with Gasteiger partial charge < -0.3 is 15.0 Å². The van der Waals surface area contributed by atoms with Crippen molar-refractivity contribution in [2.75, 3.05) is 31.1 Å². The van der Waals surface area contributed by atoms with E-state index in [-0.39, 0.29) is 5.82 Å². The van der Waals surface area contributed by atoms with E-state index in [0.29, 0.717) is 28.4 Å². The van der Waals surface area contributed by atoms with Crippen molar-refractivity contribution in [3.05, 3.63) is 35.9 Å². The summed E-state index contributed by atoms with van der Waals surface area (Å²) in [7, 11) is 0. The molecule has 0 bridgehead atoms. The van der Waals surface area contributed by atoms with Gasteiger partial charge in [0.1, 0.15) is 17.9 Å². The SMILES string of the molecule is Cc1cc(F)ccc1Oc1nncnc1N1CCC2(CNC2)C1. The predicted molar refractivity (Wildman–Crippen MR) is 83.2 cm³/mol. The maximum atomic E-state index is 13.2. The molecule has 6 nitrogen and oxygen atoms in total. The molecule has 2 aliphatic heterocycles. The lowest BCUT2D eigenvalue weighted by Gasteiger charge is -2.39. The smallest absolute Gasteiger partial charge is 0.282 e. The Morgan fingerprint density at radius 2 is 2.22 bits per heavy atom. The largest absolute Gasteiger partial charge is 0.435 e. The summed E-state index contributed by atoms with van der Waals surface area (Å²) in [6, 6.07) is 4.41. The number of halogens is 1. The van der Waals surface area contributed by atoms with E-state index in [1.54, 1.807) is 13.0 Å². The summed E-state index contributed by atoms with van der Waals surface area (Å²) in [5.74, 6) is 1.35. The van der Waals surface area contributed by atoms with Gasteiger partial charge in [-0.05, 0) is 37.1 Å². The van der Waals surface area contributed by atoms with Gasteiger partial charge in [0.15, 0.2) is 5.82 Å². The lowest BCUT2D eigenvalue weighted by Crippen LogP contribution is -2.54. The first-order chi connectivity index (χ1) is 11.2. The van der Waals surface area contributed by atoms with Crippen molar-refractivity contribution in [2.24, 2.45) is 5.41 Å². The van der Waals surface area contributed by atoms with E-state index >= 15 is 0 Å². The van der Waals surface area contributed by atoms with E-state index in [9.17, 15) is 4.39 Å². The van der Waals surface area contributed by atoms with Gasteiger partial charge in [-0.25, -0.2) is 9.37 Å². The number of anilines is 1. The average molecular weight is 315 g/mol. The van der Waals surface area contributed by atoms with E-state index in [4.69, 9.17) is 4.74 Å². The molecule has 2 aromatic rings. The fourth-order valence-corrected chi connectivity index (χ4v) is 3.26. The molecule has 23 heavy (non-hydrogen) atoms. The highest BCUT2D eigenvalue weighted by molar-refractivity contribution is 5.51. The van der Waals surface area contributed by atoms with E-state index in [1.807, 2.05) is 0 Å². The molecule has 1 aromatic heterocycles. The van der Waals surface area contributed by atoms with Gasteiger partial charge in [-0.1, -0.05) is 0 Å². The highest BCUT2D eigenvalue weighted by Gasteiger charge is 2.44. The second-order valence-electron chi connectivity index (χ2n) is 6.38. The number of benzene rings is 1. The van der Waals surface area contributed by atoms with Crippen LogP contribution in [0.1, 0.15) is 12.0 Å². The fraction of sp³-hybridized carbons (Fsp3) is 0.438. The third-order valence-corrected chi connectivity index (χ3v) is 4.65. The van der Waals surface area contributed by atoms with Crippen molar-refractivity contribution in [3.63, 3.8) is 0 Å². The summed E-state index contributed by atoms with van der Waals surface area (Å²) < 4.78 is 19.1.